The van der Waals surface area contributed by atoms with Crippen LogP contribution >= 0.6 is 0 Å². The molecule has 27 heavy (non-hydrogen) atoms. The molecule has 0 bridgehead atoms. The molecule has 0 unspecified atom stereocenters. The highest BCUT2D eigenvalue weighted by Crippen LogP contribution is 2.17. The summed E-state index contributed by atoms with van der Waals surface area (Å²) in [6.45, 7) is 6.81. The van der Waals surface area contributed by atoms with Crippen LogP contribution in [0.25, 0.3) is 0 Å². The molecule has 1 amide bonds. The molecule has 0 spiro atoms. The monoisotopic (exact) mass is 400 g/mol. The lowest BCUT2D eigenvalue weighted by Crippen LogP contribution is -2.44. The summed E-state index contributed by atoms with van der Waals surface area (Å²) in [6, 6.07) is 4.62. The first-order valence-electron chi connectivity index (χ1n) is 8.67. The highest BCUT2D eigenvalue weighted by Gasteiger charge is 2.28. The lowest BCUT2D eigenvalue weighted by molar-refractivity contribution is -0.150. The Bertz CT molecular complexity index is 729. The van der Waals surface area contributed by atoms with E-state index in [0.717, 1.165) is 0 Å². The van der Waals surface area contributed by atoms with Crippen LogP contribution in [-0.4, -0.2) is 46.1 Å². The van der Waals surface area contributed by atoms with E-state index in [0.29, 0.717) is 5.75 Å². The van der Waals surface area contributed by atoms with Gasteiger partial charge in [0.1, 0.15) is 11.8 Å². The fraction of sp³-hybridized carbons (Fsp3) is 0.556. The van der Waals surface area contributed by atoms with Gasteiger partial charge in [-0.3, -0.25) is 9.59 Å². The van der Waals surface area contributed by atoms with Gasteiger partial charge < -0.3 is 14.8 Å². The van der Waals surface area contributed by atoms with E-state index in [2.05, 4.69) is 10.0 Å². The van der Waals surface area contributed by atoms with Crippen LogP contribution in [0.2, 0.25) is 0 Å². The molecular weight excluding hydrogens is 372 g/mol. The van der Waals surface area contributed by atoms with Crippen molar-refractivity contribution in [2.24, 2.45) is 5.92 Å². The molecule has 0 saturated heterocycles. The third-order valence-electron chi connectivity index (χ3n) is 3.45. The van der Waals surface area contributed by atoms with Gasteiger partial charge in [0.15, 0.2) is 6.61 Å². The molecule has 152 valence electrons. The topological polar surface area (TPSA) is 111 Å². The van der Waals surface area contributed by atoms with Crippen molar-refractivity contribution in [2.45, 2.75) is 51.1 Å². The molecule has 0 aliphatic rings. The molecular formula is C18H28N2O6S. The minimum atomic E-state index is -3.94. The van der Waals surface area contributed by atoms with Crippen LogP contribution in [0.5, 0.6) is 5.75 Å². The zero-order valence-electron chi connectivity index (χ0n) is 16.3. The number of carbonyl (C=O) groups excluding carboxylic acids is 2. The van der Waals surface area contributed by atoms with E-state index in [1.54, 1.807) is 13.8 Å². The Labute approximate surface area is 160 Å². The summed E-state index contributed by atoms with van der Waals surface area (Å²) in [7, 11) is -2.46. The number of sulfonamides is 1. The van der Waals surface area contributed by atoms with Gasteiger partial charge in [-0.1, -0.05) is 13.8 Å². The minimum absolute atomic E-state index is 0.00223. The number of hydrogen-bond donors (Lipinski definition) is 2. The summed E-state index contributed by atoms with van der Waals surface area (Å²) >= 11 is 0. The summed E-state index contributed by atoms with van der Waals surface area (Å²) in [5.74, 6) is -0.687. The van der Waals surface area contributed by atoms with Gasteiger partial charge in [-0.25, -0.2) is 8.42 Å². The second-order valence-electron chi connectivity index (χ2n) is 6.81. The molecule has 0 heterocycles. The summed E-state index contributed by atoms with van der Waals surface area (Å²) in [4.78, 5) is 24.0. The molecule has 2 N–H and O–H groups in total. The molecule has 8 nitrogen and oxygen atoms in total. The zero-order chi connectivity index (χ0) is 20.6. The predicted octanol–water partition coefficient (Wildman–Crippen LogP) is 1.46. The Balaban J connectivity index is 2.85. The fourth-order valence-electron chi connectivity index (χ4n) is 2.27. The van der Waals surface area contributed by atoms with E-state index in [4.69, 9.17) is 9.47 Å². The molecule has 1 aromatic carbocycles. The maximum Gasteiger partial charge on any atom is 0.324 e. The third kappa shape index (κ3) is 7.96. The smallest absolute Gasteiger partial charge is 0.324 e. The van der Waals surface area contributed by atoms with Crippen molar-refractivity contribution >= 4 is 21.9 Å². The maximum absolute atomic E-state index is 12.6. The number of hydrogen-bond acceptors (Lipinski definition) is 6. The summed E-state index contributed by atoms with van der Waals surface area (Å²) in [6.07, 6.45) is 0.236. The van der Waals surface area contributed by atoms with Gasteiger partial charge in [-0.05, 0) is 50.5 Å². The van der Waals surface area contributed by atoms with Crippen LogP contribution in [0.4, 0.5) is 0 Å². The van der Waals surface area contributed by atoms with Crippen molar-refractivity contribution in [3.05, 3.63) is 24.3 Å². The van der Waals surface area contributed by atoms with Crippen molar-refractivity contribution in [2.75, 3.05) is 13.7 Å². The van der Waals surface area contributed by atoms with Crippen molar-refractivity contribution in [1.29, 1.82) is 0 Å². The van der Waals surface area contributed by atoms with Gasteiger partial charge in [0.2, 0.25) is 10.0 Å². The molecule has 9 heteroatoms. The molecule has 0 fully saturated rings. The minimum Gasteiger partial charge on any atom is -0.497 e. The average Bonchev–Trinajstić information content (AvgIpc) is 2.58. The summed E-state index contributed by atoms with van der Waals surface area (Å²) in [5.41, 5.74) is 0. The lowest BCUT2D eigenvalue weighted by atomic mass is 10.1. The van der Waals surface area contributed by atoms with Crippen LogP contribution in [-0.2, 0) is 24.3 Å². The zero-order valence-corrected chi connectivity index (χ0v) is 17.1. The number of esters is 1. The van der Waals surface area contributed by atoms with Crippen LogP contribution in [0.15, 0.2) is 29.2 Å². The SMILES string of the molecule is COc1ccc(S(=O)(=O)N[C@@H](CC(C)C)C(=O)OCC(=O)NC(C)C)cc1. The first-order valence-corrected chi connectivity index (χ1v) is 10.2. The van der Waals surface area contributed by atoms with Crippen molar-refractivity contribution < 1.29 is 27.5 Å². The maximum atomic E-state index is 12.6. The molecule has 1 atom stereocenters. The van der Waals surface area contributed by atoms with Gasteiger partial charge in [-0.2, -0.15) is 4.72 Å². The van der Waals surface area contributed by atoms with Crippen LogP contribution < -0.4 is 14.8 Å². The summed E-state index contributed by atoms with van der Waals surface area (Å²) in [5, 5.41) is 2.60. The van der Waals surface area contributed by atoms with Gasteiger partial charge in [0.05, 0.1) is 12.0 Å². The Morgan fingerprint density at radius 1 is 1.07 bits per heavy atom. The number of amides is 1. The Morgan fingerprint density at radius 3 is 2.15 bits per heavy atom. The largest absolute Gasteiger partial charge is 0.497 e. The quantitative estimate of drug-likeness (QED) is 0.575. The molecule has 1 rings (SSSR count). The van der Waals surface area contributed by atoms with E-state index in [9.17, 15) is 18.0 Å². The van der Waals surface area contributed by atoms with E-state index in [-0.39, 0.29) is 23.3 Å². The highest BCUT2D eigenvalue weighted by atomic mass is 32.2. The van der Waals surface area contributed by atoms with E-state index in [1.807, 2.05) is 13.8 Å². The fourth-order valence-corrected chi connectivity index (χ4v) is 3.47. The van der Waals surface area contributed by atoms with E-state index >= 15 is 0 Å². The van der Waals surface area contributed by atoms with E-state index < -0.39 is 34.5 Å². The third-order valence-corrected chi connectivity index (χ3v) is 4.94. The lowest BCUT2D eigenvalue weighted by Gasteiger charge is -2.19. The van der Waals surface area contributed by atoms with Gasteiger partial charge in [0.25, 0.3) is 5.91 Å². The molecule has 1 aromatic rings. The van der Waals surface area contributed by atoms with Crippen molar-refractivity contribution in [3.63, 3.8) is 0 Å². The standard InChI is InChI=1S/C18H28N2O6S/c1-12(2)10-16(18(22)26-11-17(21)19-13(3)4)20-27(23,24)15-8-6-14(25-5)7-9-15/h6-9,12-13,16,20H,10-11H2,1-5H3,(H,19,21)/t16-/m0/s1. The molecule has 0 aliphatic carbocycles. The number of methoxy groups -OCH3 is 1. The molecule has 0 aromatic heterocycles. The molecule has 0 saturated carbocycles. The second-order valence-corrected chi connectivity index (χ2v) is 8.52. The Kier molecular flexibility index (Phi) is 8.71. The molecule has 0 aliphatic heterocycles. The van der Waals surface area contributed by atoms with E-state index in [1.165, 1.54) is 31.4 Å². The average molecular weight is 400 g/mol. The second kappa shape index (κ2) is 10.3. The highest BCUT2D eigenvalue weighted by molar-refractivity contribution is 7.89. The number of benzene rings is 1. The predicted molar refractivity (Wildman–Crippen MR) is 101 cm³/mol. The molecule has 0 radical (unpaired) electrons. The van der Waals surface area contributed by atoms with Crippen LogP contribution in [0.1, 0.15) is 34.1 Å². The summed E-state index contributed by atoms with van der Waals surface area (Å²) < 4.78 is 37.5. The number of ether oxygens (including phenoxy) is 2. The van der Waals surface area contributed by atoms with Gasteiger partial charge in [-0.15, -0.1) is 0 Å². The normalized spacial score (nSPS) is 12.7. The number of rotatable bonds is 10. The van der Waals surface area contributed by atoms with Gasteiger partial charge >= 0.3 is 5.97 Å². The first kappa shape index (κ1) is 22.9. The Hall–Kier alpha value is -2.13. The van der Waals surface area contributed by atoms with Crippen LogP contribution in [0, 0.1) is 5.92 Å². The van der Waals surface area contributed by atoms with Crippen molar-refractivity contribution in [1.82, 2.24) is 10.0 Å². The van der Waals surface area contributed by atoms with Crippen LogP contribution in [0.3, 0.4) is 0 Å². The number of nitrogens with one attached hydrogen (secondary N) is 2. The van der Waals surface area contributed by atoms with Crippen molar-refractivity contribution in [3.8, 4) is 5.75 Å². The Morgan fingerprint density at radius 2 is 1.67 bits per heavy atom. The van der Waals surface area contributed by atoms with Gasteiger partial charge in [0, 0.05) is 6.04 Å². The number of carbonyl (C=O) groups is 2. The first-order chi connectivity index (χ1) is 12.5.